The molecule has 0 unspecified atom stereocenters. The topological polar surface area (TPSA) is 67.1 Å². The zero-order valence-electron chi connectivity index (χ0n) is 16.9. The number of nitrogens with zero attached hydrogens (tertiary/aromatic N) is 4. The Hall–Kier alpha value is -3.43. The summed E-state index contributed by atoms with van der Waals surface area (Å²) in [6, 6.07) is 10.2. The van der Waals surface area contributed by atoms with Gasteiger partial charge < -0.3 is 10.6 Å². The molecular weight excluding hydrogens is 424 g/mol. The van der Waals surface area contributed by atoms with Gasteiger partial charge in [0, 0.05) is 29.4 Å². The second-order valence-electron chi connectivity index (χ2n) is 8.02. The molecule has 10 heteroatoms. The Morgan fingerprint density at radius 1 is 0.969 bits per heavy atom. The highest BCUT2D eigenvalue weighted by atomic mass is 19.4. The number of anilines is 2. The van der Waals surface area contributed by atoms with Crippen molar-refractivity contribution in [2.24, 2.45) is 0 Å². The van der Waals surface area contributed by atoms with Crippen LogP contribution in [0.2, 0.25) is 0 Å². The molecule has 0 spiro atoms. The molecule has 1 aliphatic rings. The number of alkyl halides is 3. The number of rotatable bonds is 4. The predicted molar refractivity (Wildman–Crippen MR) is 113 cm³/mol. The Bertz CT molecular complexity index is 1270. The van der Waals surface area contributed by atoms with Gasteiger partial charge in [-0.05, 0) is 62.1 Å². The van der Waals surface area contributed by atoms with Crippen LogP contribution in [-0.2, 0) is 6.18 Å². The lowest BCUT2D eigenvalue weighted by molar-refractivity contribution is -0.140. The maximum absolute atomic E-state index is 13.8. The highest BCUT2D eigenvalue weighted by Crippen LogP contribution is 2.35. The average molecular weight is 444 g/mol. The van der Waals surface area contributed by atoms with Crippen LogP contribution in [0.25, 0.3) is 16.6 Å². The fourth-order valence-corrected chi connectivity index (χ4v) is 4.26. The normalized spacial score (nSPS) is 19.4. The van der Waals surface area contributed by atoms with Gasteiger partial charge in [0.05, 0.1) is 5.52 Å². The van der Waals surface area contributed by atoms with Crippen molar-refractivity contribution in [2.45, 2.75) is 43.9 Å². The maximum atomic E-state index is 13.8. The van der Waals surface area contributed by atoms with Crippen LogP contribution in [0, 0.1) is 5.82 Å². The lowest BCUT2D eigenvalue weighted by Crippen LogP contribution is -2.35. The van der Waals surface area contributed by atoms with Crippen LogP contribution in [0.15, 0.2) is 48.7 Å². The SMILES string of the molecule is Fc1ccc2nc(C(F)(F)F)cc(N[C@H]3CCC[C@@H](Nc4nnc5ccccn45)C3)c2c1. The first kappa shape index (κ1) is 20.5. The van der Waals surface area contributed by atoms with Crippen LogP contribution >= 0.6 is 0 Å². The van der Waals surface area contributed by atoms with E-state index in [-0.39, 0.29) is 23.3 Å². The Labute approximate surface area is 180 Å². The molecule has 1 saturated carbocycles. The average Bonchev–Trinajstić information content (AvgIpc) is 3.16. The lowest BCUT2D eigenvalue weighted by atomic mass is 9.90. The molecule has 0 aliphatic heterocycles. The summed E-state index contributed by atoms with van der Waals surface area (Å²) < 4.78 is 55.8. The summed E-state index contributed by atoms with van der Waals surface area (Å²) >= 11 is 0. The summed E-state index contributed by atoms with van der Waals surface area (Å²) in [7, 11) is 0. The Morgan fingerprint density at radius 3 is 2.59 bits per heavy atom. The number of halogens is 4. The highest BCUT2D eigenvalue weighted by molar-refractivity contribution is 5.91. The first-order valence-corrected chi connectivity index (χ1v) is 10.4. The van der Waals surface area contributed by atoms with E-state index in [9.17, 15) is 17.6 Å². The molecule has 5 rings (SSSR count). The van der Waals surface area contributed by atoms with E-state index >= 15 is 0 Å². The van der Waals surface area contributed by atoms with E-state index in [4.69, 9.17) is 0 Å². The summed E-state index contributed by atoms with van der Waals surface area (Å²) in [5.41, 5.74) is 0.0644. The predicted octanol–water partition coefficient (Wildman–Crippen LogP) is 5.27. The van der Waals surface area contributed by atoms with Gasteiger partial charge >= 0.3 is 6.18 Å². The first-order chi connectivity index (χ1) is 15.4. The molecule has 0 bridgehead atoms. The number of nitrogens with one attached hydrogen (secondary N) is 2. The van der Waals surface area contributed by atoms with Gasteiger partial charge in [-0.15, -0.1) is 10.2 Å². The molecule has 1 aliphatic carbocycles. The zero-order valence-corrected chi connectivity index (χ0v) is 16.9. The van der Waals surface area contributed by atoms with Crippen molar-refractivity contribution in [1.82, 2.24) is 19.6 Å². The van der Waals surface area contributed by atoms with Crippen molar-refractivity contribution in [3.8, 4) is 0 Å². The zero-order chi connectivity index (χ0) is 22.3. The Balaban J connectivity index is 1.39. The van der Waals surface area contributed by atoms with Crippen molar-refractivity contribution in [3.63, 3.8) is 0 Å². The van der Waals surface area contributed by atoms with Crippen molar-refractivity contribution in [2.75, 3.05) is 10.6 Å². The number of hydrogen-bond donors (Lipinski definition) is 2. The molecule has 32 heavy (non-hydrogen) atoms. The number of pyridine rings is 2. The number of benzene rings is 1. The number of aromatic nitrogens is 4. The van der Waals surface area contributed by atoms with Gasteiger partial charge in [-0.2, -0.15) is 13.2 Å². The molecule has 6 nitrogen and oxygen atoms in total. The van der Waals surface area contributed by atoms with Gasteiger partial charge in [0.1, 0.15) is 11.5 Å². The van der Waals surface area contributed by atoms with Crippen molar-refractivity contribution >= 4 is 28.2 Å². The van der Waals surface area contributed by atoms with Crippen molar-refractivity contribution < 1.29 is 17.6 Å². The van der Waals surface area contributed by atoms with Gasteiger partial charge in [0.25, 0.3) is 0 Å². The largest absolute Gasteiger partial charge is 0.433 e. The third-order valence-corrected chi connectivity index (χ3v) is 5.74. The molecule has 4 aromatic rings. The molecule has 166 valence electrons. The second-order valence-corrected chi connectivity index (χ2v) is 8.02. The summed E-state index contributed by atoms with van der Waals surface area (Å²) in [5, 5.41) is 15.3. The van der Waals surface area contributed by atoms with E-state index in [1.54, 1.807) is 0 Å². The summed E-state index contributed by atoms with van der Waals surface area (Å²) in [5.74, 6) is 0.103. The van der Waals surface area contributed by atoms with E-state index in [1.165, 1.54) is 12.1 Å². The van der Waals surface area contributed by atoms with Gasteiger partial charge in [-0.25, -0.2) is 9.37 Å². The Kier molecular flexibility index (Phi) is 5.07. The molecule has 1 aromatic carbocycles. The van der Waals surface area contributed by atoms with E-state index in [2.05, 4.69) is 25.8 Å². The molecule has 2 N–H and O–H groups in total. The van der Waals surface area contributed by atoms with Gasteiger partial charge in [-0.1, -0.05) is 6.07 Å². The molecule has 3 aromatic heterocycles. The van der Waals surface area contributed by atoms with Gasteiger partial charge in [-0.3, -0.25) is 4.40 Å². The quantitative estimate of drug-likeness (QED) is 0.420. The van der Waals surface area contributed by atoms with Gasteiger partial charge in [0.2, 0.25) is 5.95 Å². The van der Waals surface area contributed by atoms with Crippen LogP contribution < -0.4 is 10.6 Å². The minimum Gasteiger partial charge on any atom is -0.382 e. The van der Waals surface area contributed by atoms with Crippen LogP contribution in [0.1, 0.15) is 31.4 Å². The van der Waals surface area contributed by atoms with E-state index in [1.807, 2.05) is 28.8 Å². The molecule has 0 radical (unpaired) electrons. The highest BCUT2D eigenvalue weighted by Gasteiger charge is 2.34. The number of fused-ring (bicyclic) bond motifs is 2. The number of hydrogen-bond acceptors (Lipinski definition) is 5. The lowest BCUT2D eigenvalue weighted by Gasteiger charge is -2.31. The van der Waals surface area contributed by atoms with Crippen molar-refractivity contribution in [3.05, 3.63) is 60.2 Å². The Morgan fingerprint density at radius 2 is 1.78 bits per heavy atom. The minimum atomic E-state index is -4.59. The molecule has 2 atom stereocenters. The van der Waals surface area contributed by atoms with E-state index < -0.39 is 17.7 Å². The first-order valence-electron chi connectivity index (χ1n) is 10.4. The summed E-state index contributed by atoms with van der Waals surface area (Å²) in [6.07, 6.45) is 0.521. The molecule has 3 heterocycles. The molecule has 0 amide bonds. The monoisotopic (exact) mass is 444 g/mol. The van der Waals surface area contributed by atoms with Crippen LogP contribution in [0.4, 0.5) is 29.2 Å². The van der Waals surface area contributed by atoms with E-state index in [0.29, 0.717) is 17.8 Å². The minimum absolute atomic E-state index is 0.0702. The fourth-order valence-electron chi connectivity index (χ4n) is 4.26. The smallest absolute Gasteiger partial charge is 0.382 e. The summed E-state index contributed by atoms with van der Waals surface area (Å²) in [6.45, 7) is 0. The molecular formula is C22H20F4N6. The van der Waals surface area contributed by atoms with E-state index in [0.717, 1.165) is 37.0 Å². The fraction of sp³-hybridized carbons (Fsp3) is 0.318. The van der Waals surface area contributed by atoms with Crippen LogP contribution in [-0.4, -0.2) is 31.7 Å². The molecule has 0 saturated heterocycles. The summed E-state index contributed by atoms with van der Waals surface area (Å²) in [4.78, 5) is 3.67. The van der Waals surface area contributed by atoms with Crippen molar-refractivity contribution in [1.29, 1.82) is 0 Å². The third kappa shape index (κ3) is 4.04. The maximum Gasteiger partial charge on any atom is 0.433 e. The van der Waals surface area contributed by atoms with Gasteiger partial charge in [0.15, 0.2) is 5.65 Å². The second kappa shape index (κ2) is 7.92. The standard InChI is InChI=1S/C22H20F4N6/c23-13-7-8-17-16(10-13)18(12-19(29-17)22(24,25)26)27-14-4-3-5-15(11-14)28-21-31-30-20-6-1-2-9-32(20)21/h1-2,6-10,12,14-15H,3-5,11H2,(H,27,29)(H,28,31)/t14-,15+/m0/s1. The third-order valence-electron chi connectivity index (χ3n) is 5.74. The van der Waals surface area contributed by atoms with Crippen LogP contribution in [0.3, 0.4) is 0 Å². The molecule has 1 fully saturated rings. The van der Waals surface area contributed by atoms with Crippen LogP contribution in [0.5, 0.6) is 0 Å².